The summed E-state index contributed by atoms with van der Waals surface area (Å²) in [5.74, 6) is -0.434. The largest absolute Gasteiger partial charge is 0.481 e. The maximum Gasteiger partial charge on any atom is 0.306 e. The molecule has 7 nitrogen and oxygen atoms in total. The van der Waals surface area contributed by atoms with Gasteiger partial charge in [-0.15, -0.1) is 11.3 Å². The Morgan fingerprint density at radius 2 is 2.06 bits per heavy atom. The molecule has 1 aliphatic carbocycles. The fraction of sp³-hybridized carbons (Fsp3) is 0.364. The number of thiazole rings is 1. The van der Waals surface area contributed by atoms with Gasteiger partial charge in [-0.25, -0.2) is 14.4 Å². The molecule has 0 saturated heterocycles. The molecule has 31 heavy (non-hydrogen) atoms. The Hall–Kier alpha value is -3.07. The molecule has 9 heteroatoms. The summed E-state index contributed by atoms with van der Waals surface area (Å²) < 4.78 is 20.6. The van der Waals surface area contributed by atoms with E-state index in [9.17, 15) is 4.79 Å². The number of nitrogens with one attached hydrogen (secondary N) is 1. The molecule has 0 radical (unpaired) electrons. The van der Waals surface area contributed by atoms with Crippen molar-refractivity contribution in [2.45, 2.75) is 38.3 Å². The molecule has 162 valence electrons. The average Bonchev–Trinajstić information content (AvgIpc) is 3.25. The molecule has 1 aliphatic rings. The van der Waals surface area contributed by atoms with Crippen molar-refractivity contribution in [2.75, 3.05) is 12.4 Å². The summed E-state index contributed by atoms with van der Waals surface area (Å²) in [6, 6.07) is 7.60. The average molecular weight is 443 g/mol. The molecule has 0 unspecified atom stereocenters. The van der Waals surface area contributed by atoms with Crippen molar-refractivity contribution >= 4 is 28.9 Å². The molecule has 0 amide bonds. The highest BCUT2D eigenvalue weighted by Crippen LogP contribution is 2.45. The Bertz CT molecular complexity index is 1100. The van der Waals surface area contributed by atoms with Crippen LogP contribution in [0.15, 0.2) is 36.7 Å². The second kappa shape index (κ2) is 8.58. The van der Waals surface area contributed by atoms with Gasteiger partial charge in [-0.2, -0.15) is 4.98 Å². The lowest BCUT2D eigenvalue weighted by Gasteiger charge is -2.30. The Morgan fingerprint density at radius 1 is 1.29 bits per heavy atom. The van der Waals surface area contributed by atoms with Crippen LogP contribution in [0.3, 0.4) is 0 Å². The second-order valence-electron chi connectivity index (χ2n) is 7.74. The van der Waals surface area contributed by atoms with Gasteiger partial charge in [0.15, 0.2) is 5.67 Å². The molecule has 2 heterocycles. The number of carboxylic acid groups (broad SMARTS) is 1. The van der Waals surface area contributed by atoms with Gasteiger partial charge in [0.2, 0.25) is 11.8 Å². The fourth-order valence-electron chi connectivity index (χ4n) is 3.79. The van der Waals surface area contributed by atoms with E-state index in [1.807, 2.05) is 25.1 Å². The number of hydrogen-bond donors (Lipinski definition) is 2. The van der Waals surface area contributed by atoms with E-state index in [2.05, 4.69) is 20.3 Å². The first-order valence-electron chi connectivity index (χ1n) is 10.0. The highest BCUT2D eigenvalue weighted by atomic mass is 32.1. The van der Waals surface area contributed by atoms with Crippen LogP contribution in [0.2, 0.25) is 0 Å². The van der Waals surface area contributed by atoms with Crippen LogP contribution in [0.4, 0.5) is 16.0 Å². The zero-order chi connectivity index (χ0) is 22.0. The molecule has 0 atom stereocenters. The van der Waals surface area contributed by atoms with Gasteiger partial charge in [-0.3, -0.25) is 4.79 Å². The summed E-state index contributed by atoms with van der Waals surface area (Å²) in [4.78, 5) is 24.8. The van der Waals surface area contributed by atoms with Crippen LogP contribution >= 0.6 is 11.3 Å². The first-order chi connectivity index (χ1) is 14.9. The summed E-state index contributed by atoms with van der Waals surface area (Å²) in [6.45, 7) is 1.98. The Labute approximate surface area is 183 Å². The monoisotopic (exact) mass is 442 g/mol. The first-order valence-corrected chi connectivity index (χ1v) is 10.8. The van der Waals surface area contributed by atoms with E-state index in [-0.39, 0.29) is 12.8 Å². The number of carboxylic acids is 1. The van der Waals surface area contributed by atoms with Crippen molar-refractivity contribution < 1.29 is 19.0 Å². The summed E-state index contributed by atoms with van der Waals surface area (Å²) in [6.07, 6.45) is 4.33. The quantitative estimate of drug-likeness (QED) is 0.548. The van der Waals surface area contributed by atoms with Crippen molar-refractivity contribution in [3.05, 3.63) is 47.2 Å². The number of aromatic nitrogens is 3. The summed E-state index contributed by atoms with van der Waals surface area (Å²) >= 11 is 1.32. The summed E-state index contributed by atoms with van der Waals surface area (Å²) in [5, 5.41) is 12.8. The van der Waals surface area contributed by atoms with Crippen molar-refractivity contribution in [1.82, 2.24) is 15.0 Å². The van der Waals surface area contributed by atoms with Crippen LogP contribution in [0.1, 0.15) is 36.3 Å². The van der Waals surface area contributed by atoms with E-state index in [0.717, 1.165) is 21.7 Å². The molecule has 4 rings (SSSR count). The number of aliphatic carboxylic acids is 1. The van der Waals surface area contributed by atoms with Gasteiger partial charge in [-0.05, 0) is 55.9 Å². The number of ether oxygens (including phenoxy) is 1. The minimum absolute atomic E-state index is 0.185. The number of halogens is 1. The number of alkyl halides is 1. The number of methoxy groups -OCH3 is 1. The van der Waals surface area contributed by atoms with Crippen molar-refractivity contribution in [1.29, 1.82) is 0 Å². The van der Waals surface area contributed by atoms with Crippen molar-refractivity contribution in [3.63, 3.8) is 0 Å². The molecule has 1 saturated carbocycles. The van der Waals surface area contributed by atoms with Crippen LogP contribution in [0.25, 0.3) is 10.4 Å². The van der Waals surface area contributed by atoms with Gasteiger partial charge in [0.25, 0.3) is 0 Å². The van der Waals surface area contributed by atoms with Crippen LogP contribution in [0, 0.1) is 12.8 Å². The van der Waals surface area contributed by atoms with E-state index in [1.54, 1.807) is 25.6 Å². The van der Waals surface area contributed by atoms with E-state index in [4.69, 9.17) is 9.84 Å². The minimum Gasteiger partial charge on any atom is -0.481 e. The van der Waals surface area contributed by atoms with Gasteiger partial charge in [0.05, 0.1) is 17.9 Å². The summed E-state index contributed by atoms with van der Waals surface area (Å²) in [5.41, 5.74) is 1.18. The van der Waals surface area contributed by atoms with E-state index in [0.29, 0.717) is 29.7 Å². The predicted octanol–water partition coefficient (Wildman–Crippen LogP) is 5.10. The number of nitrogens with zero attached hydrogens (tertiary/aromatic N) is 3. The fourth-order valence-corrected chi connectivity index (χ4v) is 4.84. The third-order valence-electron chi connectivity index (χ3n) is 5.47. The smallest absolute Gasteiger partial charge is 0.306 e. The summed E-state index contributed by atoms with van der Waals surface area (Å²) in [7, 11) is 1.55. The van der Waals surface area contributed by atoms with Crippen LogP contribution < -0.4 is 10.1 Å². The Morgan fingerprint density at radius 3 is 2.77 bits per heavy atom. The van der Waals surface area contributed by atoms with Crippen molar-refractivity contribution in [3.8, 4) is 16.3 Å². The third kappa shape index (κ3) is 4.66. The number of carbonyl (C=O) groups is 1. The van der Waals surface area contributed by atoms with Crippen LogP contribution in [-0.2, 0) is 10.5 Å². The topological polar surface area (TPSA) is 97.2 Å². The van der Waals surface area contributed by atoms with Crippen molar-refractivity contribution in [2.24, 2.45) is 5.92 Å². The number of benzene rings is 1. The minimum atomic E-state index is -1.56. The lowest BCUT2D eigenvalue weighted by molar-refractivity contribution is -0.143. The van der Waals surface area contributed by atoms with Gasteiger partial charge in [0, 0.05) is 24.1 Å². The van der Waals surface area contributed by atoms with Gasteiger partial charge in [-0.1, -0.05) is 6.07 Å². The lowest BCUT2D eigenvalue weighted by Crippen LogP contribution is -2.30. The Kier molecular flexibility index (Phi) is 5.86. The molecule has 2 aromatic heterocycles. The first kappa shape index (κ1) is 21.2. The second-order valence-corrected chi connectivity index (χ2v) is 8.77. The standard InChI is InChI=1S/C22H23FN4O3S/c1-13-9-15(11-16(10-13)26-21-24-8-5-18(27-21)30-2)17-12-25-20(31-17)22(23)6-3-14(4-7-22)19(28)29/h5,8-12,14H,3-4,6-7H2,1-2H3,(H,28,29)(H,24,26,27). The van der Waals surface area contributed by atoms with E-state index >= 15 is 4.39 Å². The molecule has 1 aromatic carbocycles. The molecule has 3 aromatic rings. The third-order valence-corrected chi connectivity index (χ3v) is 6.70. The highest BCUT2D eigenvalue weighted by molar-refractivity contribution is 7.15. The molecule has 0 bridgehead atoms. The van der Waals surface area contributed by atoms with Gasteiger partial charge in [0.1, 0.15) is 5.01 Å². The molecular weight excluding hydrogens is 419 g/mol. The number of hydrogen-bond acceptors (Lipinski definition) is 7. The lowest BCUT2D eigenvalue weighted by atomic mass is 9.80. The maximum absolute atomic E-state index is 15.5. The SMILES string of the molecule is COc1ccnc(Nc2cc(C)cc(-c3cnc(C4(F)CCC(C(=O)O)CC4)s3)c2)n1. The van der Waals surface area contributed by atoms with Gasteiger partial charge < -0.3 is 15.2 Å². The van der Waals surface area contributed by atoms with Crippen LogP contribution in [0.5, 0.6) is 5.88 Å². The van der Waals surface area contributed by atoms with Gasteiger partial charge >= 0.3 is 5.97 Å². The maximum atomic E-state index is 15.5. The highest BCUT2D eigenvalue weighted by Gasteiger charge is 2.41. The molecule has 0 aliphatic heterocycles. The number of rotatable bonds is 6. The van der Waals surface area contributed by atoms with Crippen LogP contribution in [-0.4, -0.2) is 33.1 Å². The normalized spacial score (nSPS) is 20.9. The molecule has 1 fully saturated rings. The number of aryl methyl sites for hydroxylation is 1. The molecule has 0 spiro atoms. The molecular formula is C22H23FN4O3S. The Balaban J connectivity index is 1.55. The predicted molar refractivity (Wildman–Crippen MR) is 117 cm³/mol. The zero-order valence-electron chi connectivity index (χ0n) is 17.3. The van der Waals surface area contributed by atoms with E-state index in [1.165, 1.54) is 11.3 Å². The number of anilines is 2. The van der Waals surface area contributed by atoms with E-state index < -0.39 is 17.6 Å². The zero-order valence-corrected chi connectivity index (χ0v) is 18.1. The molecule has 2 N–H and O–H groups in total.